The van der Waals surface area contributed by atoms with Gasteiger partial charge in [0.2, 0.25) is 11.8 Å². The van der Waals surface area contributed by atoms with Crippen molar-refractivity contribution in [2.24, 2.45) is 0 Å². The van der Waals surface area contributed by atoms with E-state index in [4.69, 9.17) is 9.47 Å². The van der Waals surface area contributed by atoms with Crippen molar-refractivity contribution >= 4 is 24.0 Å². The van der Waals surface area contributed by atoms with Crippen LogP contribution in [0.5, 0.6) is 11.5 Å². The molecular weight excluding hydrogens is 464 g/mol. The predicted molar refractivity (Wildman–Crippen MR) is 147 cm³/mol. The molecule has 0 fully saturated rings. The summed E-state index contributed by atoms with van der Waals surface area (Å²) in [7, 11) is 3.59. The van der Waals surface area contributed by atoms with Gasteiger partial charge >= 0.3 is 0 Å². The molecule has 0 radical (unpaired) electrons. The number of unbranched alkanes of at least 4 members (excludes halogenated alkanes) is 4. The zero-order valence-electron chi connectivity index (χ0n) is 22.4. The molecule has 2 aliphatic heterocycles. The highest BCUT2D eigenvalue weighted by molar-refractivity contribution is 5.88. The number of rotatable bonds is 10. The average molecular weight is 503 g/mol. The normalized spacial score (nSPS) is 18.8. The van der Waals surface area contributed by atoms with Gasteiger partial charge in [0.1, 0.15) is 11.5 Å². The molecule has 0 saturated heterocycles. The molecule has 0 N–H and O–H groups in total. The Morgan fingerprint density at radius 2 is 1.05 bits per heavy atom. The maximum atomic E-state index is 12.3. The van der Waals surface area contributed by atoms with Gasteiger partial charge in [0.15, 0.2) is 0 Å². The van der Waals surface area contributed by atoms with Crippen LogP contribution in [0.4, 0.5) is 0 Å². The van der Waals surface area contributed by atoms with Crippen LogP contribution in [0.3, 0.4) is 0 Å². The molecule has 6 nitrogen and oxygen atoms in total. The van der Waals surface area contributed by atoms with Crippen LogP contribution in [-0.4, -0.2) is 48.9 Å². The number of nitrogens with zero attached hydrogens (tertiary/aromatic N) is 2. The van der Waals surface area contributed by atoms with E-state index in [-0.39, 0.29) is 23.7 Å². The van der Waals surface area contributed by atoms with Gasteiger partial charge in [-0.15, -0.1) is 0 Å². The van der Waals surface area contributed by atoms with Crippen LogP contribution in [0.25, 0.3) is 12.2 Å². The quantitative estimate of drug-likeness (QED) is 0.364. The first-order chi connectivity index (χ1) is 17.8. The van der Waals surface area contributed by atoms with Crippen LogP contribution in [0.1, 0.15) is 80.0 Å². The molecule has 2 atom stereocenters. The Balaban J connectivity index is 1.13. The summed E-state index contributed by atoms with van der Waals surface area (Å²) in [6, 6.07) is 12.0. The topological polar surface area (TPSA) is 59.1 Å². The van der Waals surface area contributed by atoms with Gasteiger partial charge in [-0.3, -0.25) is 9.59 Å². The van der Waals surface area contributed by atoms with E-state index in [9.17, 15) is 9.59 Å². The summed E-state index contributed by atoms with van der Waals surface area (Å²) in [5.74, 6) is 1.59. The van der Waals surface area contributed by atoms with Crippen LogP contribution < -0.4 is 9.47 Å². The summed E-state index contributed by atoms with van der Waals surface area (Å²) in [5, 5.41) is 0. The van der Waals surface area contributed by atoms with Crippen molar-refractivity contribution in [3.05, 3.63) is 71.1 Å². The number of ether oxygens (including phenoxy) is 2. The third-order valence-corrected chi connectivity index (χ3v) is 7.27. The second-order valence-corrected chi connectivity index (χ2v) is 10.0. The zero-order valence-corrected chi connectivity index (χ0v) is 22.4. The monoisotopic (exact) mass is 502 g/mol. The van der Waals surface area contributed by atoms with E-state index < -0.39 is 0 Å². The van der Waals surface area contributed by atoms with Gasteiger partial charge in [0.05, 0.1) is 25.0 Å². The van der Waals surface area contributed by atoms with Gasteiger partial charge in [-0.1, -0.05) is 31.4 Å². The van der Waals surface area contributed by atoms with Gasteiger partial charge in [0.25, 0.3) is 0 Å². The van der Waals surface area contributed by atoms with Gasteiger partial charge in [0, 0.05) is 26.5 Å². The SMILES string of the molecule is C[C@H]1C(=O)N(C)C=Cc2cc(OCCCCCCCOc3ccc4c(c3)C=CN(C)C(=O)[C@@H]4C)ccc21. The number of hydrogen-bond donors (Lipinski definition) is 0. The predicted octanol–water partition coefficient (Wildman–Crippen LogP) is 6.19. The highest BCUT2D eigenvalue weighted by Crippen LogP contribution is 2.31. The fourth-order valence-electron chi connectivity index (χ4n) is 4.89. The molecule has 0 spiro atoms. The van der Waals surface area contributed by atoms with Gasteiger partial charge < -0.3 is 19.3 Å². The van der Waals surface area contributed by atoms with E-state index in [1.165, 1.54) is 0 Å². The number of hydrogen-bond acceptors (Lipinski definition) is 4. The second kappa shape index (κ2) is 12.1. The molecule has 196 valence electrons. The maximum Gasteiger partial charge on any atom is 0.233 e. The van der Waals surface area contributed by atoms with E-state index in [1.54, 1.807) is 23.9 Å². The number of fused-ring (bicyclic) bond motifs is 2. The first-order valence-electron chi connectivity index (χ1n) is 13.3. The van der Waals surface area contributed by atoms with Gasteiger partial charge in [-0.2, -0.15) is 0 Å². The second-order valence-electron chi connectivity index (χ2n) is 10.0. The number of carbonyl (C=O) groups is 2. The summed E-state index contributed by atoms with van der Waals surface area (Å²) >= 11 is 0. The lowest BCUT2D eigenvalue weighted by molar-refractivity contribution is -0.129. The van der Waals surface area contributed by atoms with E-state index >= 15 is 0 Å². The van der Waals surface area contributed by atoms with Crippen molar-refractivity contribution in [3.63, 3.8) is 0 Å². The van der Waals surface area contributed by atoms with Gasteiger partial charge in [-0.25, -0.2) is 0 Å². The van der Waals surface area contributed by atoms with Crippen LogP contribution in [-0.2, 0) is 9.59 Å². The molecule has 2 heterocycles. The molecule has 0 unspecified atom stereocenters. The van der Waals surface area contributed by atoms with Crippen molar-refractivity contribution in [3.8, 4) is 11.5 Å². The Morgan fingerprint density at radius 3 is 1.49 bits per heavy atom. The van der Waals surface area contributed by atoms with Crippen LogP contribution in [0.2, 0.25) is 0 Å². The summed E-state index contributed by atoms with van der Waals surface area (Å²) < 4.78 is 12.0. The molecule has 0 aromatic heterocycles. The number of likely N-dealkylation sites (N-methyl/N-ethyl adjacent to an activating group) is 2. The minimum Gasteiger partial charge on any atom is -0.494 e. The zero-order chi connectivity index (χ0) is 26.4. The van der Waals surface area contributed by atoms with Crippen molar-refractivity contribution in [2.45, 2.75) is 57.8 Å². The maximum absolute atomic E-state index is 12.3. The number of amides is 2. The molecular formula is C31H38N2O4. The minimum absolute atomic E-state index is 0.102. The molecule has 2 aliphatic rings. The Labute approximate surface area is 220 Å². The fourth-order valence-corrected chi connectivity index (χ4v) is 4.89. The van der Waals surface area contributed by atoms with E-state index in [0.29, 0.717) is 13.2 Å². The van der Waals surface area contributed by atoms with Crippen LogP contribution >= 0.6 is 0 Å². The summed E-state index contributed by atoms with van der Waals surface area (Å²) in [4.78, 5) is 27.9. The summed E-state index contributed by atoms with van der Waals surface area (Å²) in [6.45, 7) is 5.27. The molecule has 37 heavy (non-hydrogen) atoms. The third-order valence-electron chi connectivity index (χ3n) is 7.27. The van der Waals surface area contributed by atoms with Crippen LogP contribution in [0.15, 0.2) is 48.8 Å². The Morgan fingerprint density at radius 1 is 0.649 bits per heavy atom. The van der Waals surface area contributed by atoms with Crippen molar-refractivity contribution in [2.75, 3.05) is 27.3 Å². The Kier molecular flexibility index (Phi) is 8.70. The standard InChI is InChI=1S/C31H38N2O4/c1-22-28-12-10-26(20-24(28)14-16-32(3)30(22)34)36-18-8-6-5-7-9-19-37-27-11-13-29-23(2)31(35)33(4)17-15-25(29)21-27/h10-17,20-23H,5-9,18-19H2,1-4H3/t22-,23-/m1/s1. The van der Waals surface area contributed by atoms with Crippen LogP contribution in [0, 0.1) is 0 Å². The Hall–Kier alpha value is -3.54. The summed E-state index contributed by atoms with van der Waals surface area (Å²) in [5.41, 5.74) is 4.17. The molecule has 2 aromatic rings. The van der Waals surface area contributed by atoms with Crippen molar-refractivity contribution in [1.29, 1.82) is 0 Å². The molecule has 6 heteroatoms. The molecule has 0 aliphatic carbocycles. The number of benzene rings is 2. The molecule has 0 saturated carbocycles. The largest absolute Gasteiger partial charge is 0.494 e. The van der Waals surface area contributed by atoms with Crippen molar-refractivity contribution < 1.29 is 19.1 Å². The fraction of sp³-hybridized carbons (Fsp3) is 0.419. The molecule has 2 amide bonds. The first-order valence-corrected chi connectivity index (χ1v) is 13.3. The molecule has 4 rings (SSSR count). The molecule has 2 aromatic carbocycles. The van der Waals surface area contributed by atoms with E-state index in [1.807, 2.05) is 74.8 Å². The highest BCUT2D eigenvalue weighted by atomic mass is 16.5. The summed E-state index contributed by atoms with van der Waals surface area (Å²) in [6.07, 6.45) is 13.0. The third kappa shape index (κ3) is 6.43. The lowest BCUT2D eigenvalue weighted by atomic mass is 9.95. The lowest BCUT2D eigenvalue weighted by Gasteiger charge is -2.16. The van der Waals surface area contributed by atoms with Crippen molar-refractivity contribution in [1.82, 2.24) is 9.80 Å². The molecule has 0 bridgehead atoms. The Bertz CT molecular complexity index is 1090. The number of carbonyl (C=O) groups excluding carboxylic acids is 2. The highest BCUT2D eigenvalue weighted by Gasteiger charge is 2.24. The van der Waals surface area contributed by atoms with E-state index in [2.05, 4.69) is 0 Å². The van der Waals surface area contributed by atoms with Gasteiger partial charge in [-0.05, 0) is 85.4 Å². The average Bonchev–Trinajstić information content (AvgIpc) is 3.08. The van der Waals surface area contributed by atoms with E-state index in [0.717, 1.165) is 65.9 Å². The minimum atomic E-state index is -0.155. The first kappa shape index (κ1) is 26.5. The smallest absolute Gasteiger partial charge is 0.233 e. The lowest BCUT2D eigenvalue weighted by Crippen LogP contribution is -2.24.